The van der Waals surface area contributed by atoms with Crippen LogP contribution in [0.3, 0.4) is 0 Å². The molecule has 2 aliphatic rings. The molecule has 3 heterocycles. The molecular formula is C22H25N5O3S2. The van der Waals surface area contributed by atoms with Gasteiger partial charge in [0.1, 0.15) is 22.0 Å². The number of carbonyl (C=O) groups excluding carboxylic acids is 1. The highest BCUT2D eigenvalue weighted by Crippen LogP contribution is 2.31. The van der Waals surface area contributed by atoms with Gasteiger partial charge >= 0.3 is 0 Å². The Morgan fingerprint density at radius 3 is 2.53 bits per heavy atom. The van der Waals surface area contributed by atoms with Crippen molar-refractivity contribution in [2.45, 2.75) is 30.3 Å². The van der Waals surface area contributed by atoms with Gasteiger partial charge < -0.3 is 4.90 Å². The number of rotatable bonds is 5. The molecule has 2 aliphatic heterocycles. The van der Waals surface area contributed by atoms with E-state index < -0.39 is 16.1 Å². The minimum atomic E-state index is -3.84. The summed E-state index contributed by atoms with van der Waals surface area (Å²) in [4.78, 5) is 17.6. The maximum Gasteiger partial charge on any atom is 0.246 e. The summed E-state index contributed by atoms with van der Waals surface area (Å²) in [7, 11) is -3.84. The van der Waals surface area contributed by atoms with Gasteiger partial charge in [0.05, 0.1) is 11.7 Å². The minimum Gasteiger partial charge on any atom is -0.339 e. The van der Waals surface area contributed by atoms with Crippen LogP contribution in [-0.4, -0.2) is 75.9 Å². The Morgan fingerprint density at radius 2 is 1.75 bits per heavy atom. The van der Waals surface area contributed by atoms with Gasteiger partial charge in [-0.3, -0.25) is 9.69 Å². The van der Waals surface area contributed by atoms with Crippen LogP contribution in [-0.2, 0) is 21.4 Å². The lowest BCUT2D eigenvalue weighted by atomic mass is 10.1. The lowest BCUT2D eigenvalue weighted by Gasteiger charge is -2.37. The van der Waals surface area contributed by atoms with E-state index in [2.05, 4.69) is 25.8 Å². The lowest BCUT2D eigenvalue weighted by molar-refractivity contribution is -0.136. The smallest absolute Gasteiger partial charge is 0.246 e. The van der Waals surface area contributed by atoms with Crippen molar-refractivity contribution in [3.8, 4) is 0 Å². The number of amides is 1. The number of piperazine rings is 1. The summed E-state index contributed by atoms with van der Waals surface area (Å²) in [6.07, 6.45) is 1.22. The van der Waals surface area contributed by atoms with E-state index in [0.29, 0.717) is 43.5 Å². The molecule has 0 saturated carbocycles. The first-order valence-electron chi connectivity index (χ1n) is 10.8. The van der Waals surface area contributed by atoms with Gasteiger partial charge in [-0.15, -0.1) is 0 Å². The summed E-state index contributed by atoms with van der Waals surface area (Å²) < 4.78 is 36.7. The second-order valence-electron chi connectivity index (χ2n) is 8.25. The van der Waals surface area contributed by atoms with Crippen molar-refractivity contribution in [1.29, 1.82) is 0 Å². The Hall–Kier alpha value is -2.40. The van der Waals surface area contributed by atoms with E-state index in [0.717, 1.165) is 31.4 Å². The van der Waals surface area contributed by atoms with Gasteiger partial charge in [-0.1, -0.05) is 36.4 Å². The first-order valence-corrected chi connectivity index (χ1v) is 13.0. The predicted octanol–water partition coefficient (Wildman–Crippen LogP) is 2.19. The number of hydrogen-bond acceptors (Lipinski definition) is 7. The van der Waals surface area contributed by atoms with Crippen LogP contribution in [0.5, 0.6) is 0 Å². The Kier molecular flexibility index (Phi) is 5.93. The summed E-state index contributed by atoms with van der Waals surface area (Å²) in [6.45, 7) is 4.00. The quantitative estimate of drug-likeness (QED) is 0.567. The standard InChI is InChI=1S/C22H25N5O3S2/c28-22(26-14-12-25(13-15-26)16-17-6-2-1-3-7-17)19-9-5-11-27(19)32(29,30)20-10-4-8-18-21(20)24-31-23-18/h1-4,6-8,10,19H,5,9,11-16H2/t19-/m0/s1. The van der Waals surface area contributed by atoms with Crippen molar-refractivity contribution < 1.29 is 13.2 Å². The zero-order chi connectivity index (χ0) is 22.1. The van der Waals surface area contributed by atoms with Crippen LogP contribution in [0.15, 0.2) is 53.4 Å². The summed E-state index contributed by atoms with van der Waals surface area (Å²) >= 11 is 0.993. The number of hydrogen-bond donors (Lipinski definition) is 0. The van der Waals surface area contributed by atoms with Crippen molar-refractivity contribution in [3.05, 3.63) is 54.1 Å². The summed E-state index contributed by atoms with van der Waals surface area (Å²) in [5.74, 6) is -0.0889. The minimum absolute atomic E-state index is 0.0889. The van der Waals surface area contributed by atoms with Crippen LogP contribution in [0.1, 0.15) is 18.4 Å². The molecule has 2 saturated heterocycles. The SMILES string of the molecule is O=C([C@@H]1CCCN1S(=O)(=O)c1cccc2nsnc12)N1CCN(Cc2ccccc2)CC1. The van der Waals surface area contributed by atoms with Crippen molar-refractivity contribution >= 4 is 38.7 Å². The Bertz CT molecular complexity index is 1210. The van der Waals surface area contributed by atoms with E-state index in [9.17, 15) is 13.2 Å². The second kappa shape index (κ2) is 8.86. The normalized spacial score (nSPS) is 20.8. The first kappa shape index (κ1) is 21.4. The lowest BCUT2D eigenvalue weighted by Crippen LogP contribution is -2.54. The molecule has 2 aromatic carbocycles. The van der Waals surface area contributed by atoms with Gasteiger partial charge in [-0.05, 0) is 30.5 Å². The van der Waals surface area contributed by atoms with Gasteiger partial charge in [0, 0.05) is 39.3 Å². The third-order valence-electron chi connectivity index (χ3n) is 6.26. The third kappa shape index (κ3) is 4.03. The molecule has 0 aliphatic carbocycles. The van der Waals surface area contributed by atoms with Crippen LogP contribution in [0, 0.1) is 0 Å². The van der Waals surface area contributed by atoms with E-state index in [1.807, 2.05) is 23.1 Å². The highest BCUT2D eigenvalue weighted by atomic mass is 32.2. The predicted molar refractivity (Wildman–Crippen MR) is 123 cm³/mol. The van der Waals surface area contributed by atoms with Gasteiger partial charge in [-0.2, -0.15) is 13.1 Å². The van der Waals surface area contributed by atoms with Crippen LogP contribution in [0.4, 0.5) is 0 Å². The zero-order valence-corrected chi connectivity index (χ0v) is 19.3. The molecule has 1 aromatic heterocycles. The Balaban J connectivity index is 1.28. The van der Waals surface area contributed by atoms with Crippen LogP contribution < -0.4 is 0 Å². The highest BCUT2D eigenvalue weighted by molar-refractivity contribution is 7.89. The van der Waals surface area contributed by atoms with Gasteiger partial charge in [0.15, 0.2) is 0 Å². The second-order valence-corrected chi connectivity index (χ2v) is 10.6. The van der Waals surface area contributed by atoms with Crippen LogP contribution in [0.2, 0.25) is 0 Å². The summed E-state index contributed by atoms with van der Waals surface area (Å²) in [6, 6.07) is 14.6. The molecule has 10 heteroatoms. The molecule has 168 valence electrons. The van der Waals surface area contributed by atoms with Crippen molar-refractivity contribution in [3.63, 3.8) is 0 Å². The van der Waals surface area contributed by atoms with Crippen molar-refractivity contribution in [2.75, 3.05) is 32.7 Å². The molecule has 8 nitrogen and oxygen atoms in total. The van der Waals surface area contributed by atoms with Gasteiger partial charge in [0.25, 0.3) is 0 Å². The Labute approximate surface area is 191 Å². The van der Waals surface area contributed by atoms with Crippen LogP contribution in [0.25, 0.3) is 11.0 Å². The molecule has 0 bridgehead atoms. The summed E-state index contributed by atoms with van der Waals surface area (Å²) in [5, 5.41) is 0. The number of nitrogens with zero attached hydrogens (tertiary/aromatic N) is 5. The maximum atomic E-state index is 13.5. The first-order chi connectivity index (χ1) is 15.5. The van der Waals surface area contributed by atoms with E-state index in [1.165, 1.54) is 9.87 Å². The molecule has 1 atom stereocenters. The van der Waals surface area contributed by atoms with Gasteiger partial charge in [-0.25, -0.2) is 8.42 Å². The number of aromatic nitrogens is 2. The fourth-order valence-corrected chi connectivity index (χ4v) is 6.97. The van der Waals surface area contributed by atoms with E-state index in [1.54, 1.807) is 18.2 Å². The molecule has 32 heavy (non-hydrogen) atoms. The molecule has 0 radical (unpaired) electrons. The third-order valence-corrected chi connectivity index (χ3v) is 8.74. The topological polar surface area (TPSA) is 86.7 Å². The molecule has 0 unspecified atom stereocenters. The van der Waals surface area contributed by atoms with E-state index in [4.69, 9.17) is 0 Å². The monoisotopic (exact) mass is 471 g/mol. The number of sulfonamides is 1. The average Bonchev–Trinajstić information content (AvgIpc) is 3.50. The van der Waals surface area contributed by atoms with Crippen molar-refractivity contribution in [2.24, 2.45) is 0 Å². The molecule has 3 aromatic rings. The van der Waals surface area contributed by atoms with Gasteiger partial charge in [0.2, 0.25) is 15.9 Å². The zero-order valence-electron chi connectivity index (χ0n) is 17.6. The largest absolute Gasteiger partial charge is 0.339 e. The molecule has 5 rings (SSSR count). The highest BCUT2D eigenvalue weighted by Gasteiger charge is 2.42. The fourth-order valence-electron chi connectivity index (χ4n) is 4.57. The Morgan fingerprint density at radius 1 is 0.969 bits per heavy atom. The number of carbonyl (C=O) groups is 1. The van der Waals surface area contributed by atoms with E-state index in [-0.39, 0.29) is 10.8 Å². The van der Waals surface area contributed by atoms with E-state index >= 15 is 0 Å². The average molecular weight is 472 g/mol. The maximum absolute atomic E-state index is 13.5. The van der Waals surface area contributed by atoms with Crippen LogP contribution >= 0.6 is 11.7 Å². The number of fused-ring (bicyclic) bond motifs is 1. The molecule has 0 spiro atoms. The van der Waals surface area contributed by atoms with Crippen molar-refractivity contribution in [1.82, 2.24) is 22.9 Å². The molecule has 2 fully saturated rings. The number of benzene rings is 2. The summed E-state index contributed by atoms with van der Waals surface area (Å²) in [5.41, 5.74) is 2.20. The molecule has 0 N–H and O–H groups in total. The fraction of sp³-hybridized carbons (Fsp3) is 0.409. The molecule has 1 amide bonds. The molecular weight excluding hydrogens is 446 g/mol.